The van der Waals surface area contributed by atoms with Crippen molar-refractivity contribution in [1.82, 2.24) is 4.98 Å². The minimum absolute atomic E-state index is 0.343. The quantitative estimate of drug-likeness (QED) is 0.633. The molecule has 1 atom stereocenters. The van der Waals surface area contributed by atoms with E-state index in [1.165, 1.54) is 0 Å². The second-order valence-corrected chi connectivity index (χ2v) is 3.57. The van der Waals surface area contributed by atoms with Crippen molar-refractivity contribution in [2.45, 2.75) is 26.4 Å². The van der Waals surface area contributed by atoms with Gasteiger partial charge >= 0.3 is 0 Å². The van der Waals surface area contributed by atoms with Gasteiger partial charge in [-0.1, -0.05) is 0 Å². The van der Waals surface area contributed by atoms with Crippen molar-refractivity contribution in [1.29, 1.82) is 0 Å². The van der Waals surface area contributed by atoms with E-state index in [4.69, 9.17) is 0 Å². The molecule has 0 fully saturated rings. The molecule has 0 radical (unpaired) electrons. The second-order valence-electron chi connectivity index (χ2n) is 3.57. The fourth-order valence-corrected chi connectivity index (χ4v) is 1.87. The number of nitrogens with one attached hydrogen (secondary N) is 1. The lowest BCUT2D eigenvalue weighted by atomic mass is 9.98. The van der Waals surface area contributed by atoms with E-state index in [-0.39, 0.29) is 6.10 Å². The van der Waals surface area contributed by atoms with Crippen LogP contribution < -0.4 is 5.32 Å². The molecule has 0 spiro atoms. The van der Waals surface area contributed by atoms with Gasteiger partial charge in [0.25, 0.3) is 0 Å². The summed E-state index contributed by atoms with van der Waals surface area (Å²) in [5, 5.41) is 13.0. The highest BCUT2D eigenvalue weighted by atomic mass is 16.3. The zero-order chi connectivity index (χ0) is 9.42. The molecular weight excluding hydrogens is 164 g/mol. The van der Waals surface area contributed by atoms with Crippen LogP contribution >= 0.6 is 0 Å². The first kappa shape index (κ1) is 8.51. The van der Waals surface area contributed by atoms with Crippen LogP contribution in [0, 0.1) is 13.8 Å². The van der Waals surface area contributed by atoms with Gasteiger partial charge in [0.2, 0.25) is 0 Å². The number of hydrogen-bond donors (Lipinski definition) is 2. The summed E-state index contributed by atoms with van der Waals surface area (Å²) in [6, 6.07) is 2.01. The number of nitrogens with zero attached hydrogens (tertiary/aromatic N) is 1. The highest BCUT2D eigenvalue weighted by molar-refractivity contribution is 5.52. The molecule has 0 bridgehead atoms. The molecule has 0 aromatic carbocycles. The summed E-state index contributed by atoms with van der Waals surface area (Å²) >= 11 is 0. The molecular formula is C10H14N2O. The average molecular weight is 178 g/mol. The molecule has 1 aliphatic rings. The monoisotopic (exact) mass is 178 g/mol. The van der Waals surface area contributed by atoms with Crippen molar-refractivity contribution in [2.75, 3.05) is 11.9 Å². The average Bonchev–Trinajstić information content (AvgIpc) is 2.02. The number of aryl methyl sites for hydroxylation is 2. The maximum atomic E-state index is 9.75. The Morgan fingerprint density at radius 1 is 1.54 bits per heavy atom. The topological polar surface area (TPSA) is 45.2 Å². The van der Waals surface area contributed by atoms with Crippen molar-refractivity contribution >= 4 is 5.82 Å². The van der Waals surface area contributed by atoms with Crippen molar-refractivity contribution in [2.24, 2.45) is 0 Å². The van der Waals surface area contributed by atoms with Gasteiger partial charge in [-0.15, -0.1) is 0 Å². The third kappa shape index (κ3) is 1.40. The molecule has 0 amide bonds. The maximum Gasteiger partial charge on any atom is 0.132 e. The van der Waals surface area contributed by atoms with Gasteiger partial charge in [-0.2, -0.15) is 0 Å². The van der Waals surface area contributed by atoms with Crippen LogP contribution in [0.3, 0.4) is 0 Å². The van der Waals surface area contributed by atoms with Gasteiger partial charge in [-0.05, 0) is 31.9 Å². The van der Waals surface area contributed by atoms with Crippen molar-refractivity contribution < 1.29 is 5.11 Å². The Kier molecular flexibility index (Phi) is 1.96. The lowest BCUT2D eigenvalue weighted by molar-refractivity contribution is 0.167. The van der Waals surface area contributed by atoms with Gasteiger partial charge in [0.15, 0.2) is 0 Å². The van der Waals surface area contributed by atoms with E-state index >= 15 is 0 Å². The van der Waals surface area contributed by atoms with Crippen LogP contribution in [0.4, 0.5) is 5.82 Å². The standard InChI is InChI=1S/C10H14N2O/c1-6-5-7(2)12-10-9(6)8(13)3-4-11-10/h5,8,13H,3-4H2,1-2H3,(H,11,12). The van der Waals surface area contributed by atoms with E-state index in [0.717, 1.165) is 35.6 Å². The van der Waals surface area contributed by atoms with Crippen LogP contribution in [0.1, 0.15) is 29.3 Å². The summed E-state index contributed by atoms with van der Waals surface area (Å²) in [6.07, 6.45) is 0.433. The molecule has 0 aliphatic carbocycles. The van der Waals surface area contributed by atoms with Crippen molar-refractivity contribution in [3.63, 3.8) is 0 Å². The fourth-order valence-electron chi connectivity index (χ4n) is 1.87. The number of pyridine rings is 1. The molecule has 2 heterocycles. The number of aromatic nitrogens is 1. The first-order valence-electron chi connectivity index (χ1n) is 4.58. The smallest absolute Gasteiger partial charge is 0.132 e. The lowest BCUT2D eigenvalue weighted by Crippen LogP contribution is -2.19. The normalized spacial score (nSPS) is 20.7. The Morgan fingerprint density at radius 2 is 2.31 bits per heavy atom. The molecule has 1 unspecified atom stereocenters. The van der Waals surface area contributed by atoms with Gasteiger partial charge in [-0.3, -0.25) is 0 Å². The molecule has 2 rings (SSSR count). The summed E-state index contributed by atoms with van der Waals surface area (Å²) in [5.41, 5.74) is 3.09. The van der Waals surface area contributed by atoms with Crippen LogP contribution in [0.25, 0.3) is 0 Å². The Labute approximate surface area is 77.8 Å². The highest BCUT2D eigenvalue weighted by Gasteiger charge is 2.20. The minimum atomic E-state index is -0.343. The second kappa shape index (κ2) is 3.00. The summed E-state index contributed by atoms with van der Waals surface area (Å²) < 4.78 is 0. The Bertz CT molecular complexity index is 336. The zero-order valence-corrected chi connectivity index (χ0v) is 7.96. The van der Waals surface area contributed by atoms with E-state index in [2.05, 4.69) is 10.3 Å². The molecule has 1 aromatic rings. The Hall–Kier alpha value is -1.09. The summed E-state index contributed by atoms with van der Waals surface area (Å²) in [6.45, 7) is 4.80. The van der Waals surface area contributed by atoms with Crippen LogP contribution in [0.15, 0.2) is 6.07 Å². The first-order valence-corrected chi connectivity index (χ1v) is 4.58. The molecule has 1 aromatic heterocycles. The number of aliphatic hydroxyl groups excluding tert-OH is 1. The predicted octanol–water partition coefficient (Wildman–Crippen LogP) is 1.55. The number of aliphatic hydroxyl groups is 1. The molecule has 13 heavy (non-hydrogen) atoms. The Morgan fingerprint density at radius 3 is 3.08 bits per heavy atom. The molecule has 3 heteroatoms. The maximum absolute atomic E-state index is 9.75. The van der Waals surface area contributed by atoms with E-state index in [0.29, 0.717) is 0 Å². The van der Waals surface area contributed by atoms with E-state index in [1.54, 1.807) is 0 Å². The minimum Gasteiger partial charge on any atom is -0.388 e. The third-order valence-corrected chi connectivity index (χ3v) is 2.44. The van der Waals surface area contributed by atoms with E-state index in [1.807, 2.05) is 19.9 Å². The zero-order valence-electron chi connectivity index (χ0n) is 7.96. The molecule has 1 aliphatic heterocycles. The third-order valence-electron chi connectivity index (χ3n) is 2.44. The van der Waals surface area contributed by atoms with Crippen LogP contribution in [-0.2, 0) is 0 Å². The molecule has 0 saturated heterocycles. The van der Waals surface area contributed by atoms with E-state index in [9.17, 15) is 5.11 Å². The van der Waals surface area contributed by atoms with Crippen molar-refractivity contribution in [3.05, 3.63) is 22.9 Å². The first-order chi connectivity index (χ1) is 6.18. The number of rotatable bonds is 0. The summed E-state index contributed by atoms with van der Waals surface area (Å²) in [7, 11) is 0. The largest absolute Gasteiger partial charge is 0.388 e. The highest BCUT2D eigenvalue weighted by Crippen LogP contribution is 2.30. The van der Waals surface area contributed by atoms with Gasteiger partial charge in [0.1, 0.15) is 5.82 Å². The molecule has 70 valence electrons. The van der Waals surface area contributed by atoms with E-state index < -0.39 is 0 Å². The van der Waals surface area contributed by atoms with Crippen molar-refractivity contribution in [3.8, 4) is 0 Å². The fraction of sp³-hybridized carbons (Fsp3) is 0.500. The summed E-state index contributed by atoms with van der Waals surface area (Å²) in [5.74, 6) is 0.858. The predicted molar refractivity (Wildman–Crippen MR) is 51.8 cm³/mol. The van der Waals surface area contributed by atoms with Gasteiger partial charge in [-0.25, -0.2) is 4.98 Å². The summed E-state index contributed by atoms with van der Waals surface area (Å²) in [4.78, 5) is 4.35. The SMILES string of the molecule is Cc1cc(C)c2c(n1)NCCC2O. The molecule has 2 N–H and O–H groups in total. The number of anilines is 1. The molecule has 3 nitrogen and oxygen atoms in total. The lowest BCUT2D eigenvalue weighted by Gasteiger charge is -2.24. The van der Waals surface area contributed by atoms with Gasteiger partial charge in [0, 0.05) is 17.8 Å². The number of hydrogen-bond acceptors (Lipinski definition) is 3. The van der Waals surface area contributed by atoms with Crippen LogP contribution in [0.5, 0.6) is 0 Å². The van der Waals surface area contributed by atoms with Crippen LogP contribution in [-0.4, -0.2) is 16.6 Å². The van der Waals surface area contributed by atoms with Gasteiger partial charge < -0.3 is 10.4 Å². The van der Waals surface area contributed by atoms with Gasteiger partial charge in [0.05, 0.1) is 6.10 Å². The number of fused-ring (bicyclic) bond motifs is 1. The Balaban J connectivity index is 2.56. The van der Waals surface area contributed by atoms with Crippen LogP contribution in [0.2, 0.25) is 0 Å². The molecule has 0 saturated carbocycles.